The second-order valence-electron chi connectivity index (χ2n) is 2.52. The maximum absolute atomic E-state index is 10.9. The van der Waals surface area contributed by atoms with Crippen molar-refractivity contribution in [1.29, 1.82) is 0 Å². The summed E-state index contributed by atoms with van der Waals surface area (Å²) in [6.45, 7) is 13.4. The van der Waals surface area contributed by atoms with Crippen LogP contribution in [0.25, 0.3) is 0 Å². The van der Waals surface area contributed by atoms with Crippen molar-refractivity contribution in [2.24, 2.45) is 0 Å². The van der Waals surface area contributed by atoms with Crippen LogP contribution >= 0.6 is 12.6 Å². The summed E-state index contributed by atoms with van der Waals surface area (Å²) in [4.78, 5) is 11.8. The molecule has 3 heteroatoms. The molecule has 0 aromatic carbocycles. The minimum Gasteiger partial charge on any atom is -0.469 e. The summed E-state index contributed by atoms with van der Waals surface area (Å²) in [5.74, 6) is -0.265. The topological polar surface area (TPSA) is 26.3 Å². The van der Waals surface area contributed by atoms with E-state index in [0.717, 1.165) is 10.5 Å². The number of esters is 1. The Bertz CT molecular complexity index is 249. The van der Waals surface area contributed by atoms with Crippen LogP contribution in [-0.2, 0) is 9.53 Å². The van der Waals surface area contributed by atoms with Gasteiger partial charge in [-0.2, -0.15) is 0 Å². The van der Waals surface area contributed by atoms with Crippen LogP contribution in [0.4, 0.5) is 0 Å². The molecule has 0 aliphatic carbocycles. The summed E-state index contributed by atoms with van der Waals surface area (Å²) >= 11 is 4.12. The first-order chi connectivity index (χ1) is 8.10. The molecule has 0 amide bonds. The number of carbonyl (C=O) groups excluding carboxylic acids is 1. The van der Waals surface area contributed by atoms with Crippen molar-refractivity contribution < 1.29 is 9.53 Å². The van der Waals surface area contributed by atoms with Gasteiger partial charge in [0.15, 0.2) is 0 Å². The van der Waals surface area contributed by atoms with E-state index in [1.54, 1.807) is 12.2 Å². The quantitative estimate of drug-likeness (QED) is 0.455. The van der Waals surface area contributed by atoms with Gasteiger partial charge in [-0.3, -0.25) is 4.79 Å². The molecule has 17 heavy (non-hydrogen) atoms. The van der Waals surface area contributed by atoms with E-state index in [4.69, 9.17) is 0 Å². The summed E-state index contributed by atoms with van der Waals surface area (Å²) in [5.41, 5.74) is 0.842. The Balaban J connectivity index is -0.000000439. The first-order valence-electron chi connectivity index (χ1n) is 5.85. The Morgan fingerprint density at radius 3 is 2.06 bits per heavy atom. The minimum atomic E-state index is -0.265. The van der Waals surface area contributed by atoms with Crippen LogP contribution in [0.3, 0.4) is 0 Å². The van der Waals surface area contributed by atoms with Crippen LogP contribution in [0.15, 0.2) is 35.3 Å². The van der Waals surface area contributed by atoms with E-state index in [2.05, 4.69) is 23.9 Å². The standard InChI is InChI=1S/C10H14O2S.2C2H6/c1-4-5-9(6-8(2)13)7-10(11)12-3;2*1-2/h4-6,13H,1,7H2,2-3H3;2*1-2H3/b8-6+,9-5+;;. The van der Waals surface area contributed by atoms with Gasteiger partial charge in [-0.15, -0.1) is 12.6 Å². The number of hydrogen-bond acceptors (Lipinski definition) is 3. The molecule has 0 saturated carbocycles. The third kappa shape index (κ3) is 17.6. The molecule has 0 aliphatic heterocycles. The number of carbonyl (C=O) groups is 1. The number of thiol groups is 1. The lowest BCUT2D eigenvalue weighted by molar-refractivity contribution is -0.139. The average molecular weight is 258 g/mol. The minimum absolute atomic E-state index is 0.250. The molecule has 0 aromatic heterocycles. The molecule has 0 saturated heterocycles. The molecular formula is C14H26O2S. The Labute approximate surface area is 112 Å². The van der Waals surface area contributed by atoms with E-state index in [9.17, 15) is 4.79 Å². The lowest BCUT2D eigenvalue weighted by Crippen LogP contribution is -2.00. The van der Waals surface area contributed by atoms with Crippen molar-refractivity contribution in [3.63, 3.8) is 0 Å². The lowest BCUT2D eigenvalue weighted by atomic mass is 10.1. The molecule has 0 N–H and O–H groups in total. The van der Waals surface area contributed by atoms with Crippen molar-refractivity contribution in [2.45, 2.75) is 41.0 Å². The molecule has 0 bridgehead atoms. The van der Waals surface area contributed by atoms with Gasteiger partial charge in [0.25, 0.3) is 0 Å². The molecule has 0 heterocycles. The zero-order chi connectivity index (χ0) is 14.3. The number of hydrogen-bond donors (Lipinski definition) is 1. The molecule has 0 fully saturated rings. The normalized spacial score (nSPS) is 10.3. The van der Waals surface area contributed by atoms with E-state index in [1.165, 1.54) is 7.11 Å². The number of rotatable bonds is 4. The van der Waals surface area contributed by atoms with Gasteiger partial charge in [-0.05, 0) is 23.5 Å². The second-order valence-corrected chi connectivity index (χ2v) is 3.22. The van der Waals surface area contributed by atoms with E-state index in [1.807, 2.05) is 40.7 Å². The van der Waals surface area contributed by atoms with E-state index < -0.39 is 0 Å². The van der Waals surface area contributed by atoms with Gasteiger partial charge in [0.1, 0.15) is 0 Å². The van der Waals surface area contributed by atoms with Crippen LogP contribution < -0.4 is 0 Å². The Morgan fingerprint density at radius 1 is 1.29 bits per heavy atom. The Kier molecular flexibility index (Phi) is 21.9. The van der Waals surface area contributed by atoms with Gasteiger partial charge < -0.3 is 4.74 Å². The fourth-order valence-electron chi connectivity index (χ4n) is 0.817. The number of ether oxygens (including phenoxy) is 1. The molecule has 0 radical (unpaired) electrons. The molecule has 0 unspecified atom stereocenters. The fraction of sp³-hybridized carbons (Fsp3) is 0.500. The first kappa shape index (κ1) is 21.3. The van der Waals surface area contributed by atoms with Crippen LogP contribution in [0, 0.1) is 0 Å². The molecule has 0 spiro atoms. The first-order valence-corrected chi connectivity index (χ1v) is 6.30. The SMILES string of the molecule is C=C/C=C(\C=C(/C)S)CC(=O)OC.CC.CC. The van der Waals surface area contributed by atoms with Crippen molar-refractivity contribution in [3.05, 3.63) is 35.3 Å². The van der Waals surface area contributed by atoms with Gasteiger partial charge in [0.05, 0.1) is 13.5 Å². The number of methoxy groups -OCH3 is 1. The summed E-state index contributed by atoms with van der Waals surface area (Å²) in [7, 11) is 1.37. The van der Waals surface area contributed by atoms with Gasteiger partial charge >= 0.3 is 5.97 Å². The monoisotopic (exact) mass is 258 g/mol. The van der Waals surface area contributed by atoms with Gasteiger partial charge in [0, 0.05) is 0 Å². The predicted molar refractivity (Wildman–Crippen MR) is 80.4 cm³/mol. The van der Waals surface area contributed by atoms with Crippen molar-refractivity contribution in [3.8, 4) is 0 Å². The van der Waals surface area contributed by atoms with Crippen molar-refractivity contribution in [2.75, 3.05) is 7.11 Å². The highest BCUT2D eigenvalue weighted by Gasteiger charge is 2.02. The van der Waals surface area contributed by atoms with Crippen LogP contribution in [0.2, 0.25) is 0 Å². The molecule has 0 aromatic rings. The molecular weight excluding hydrogens is 232 g/mol. The van der Waals surface area contributed by atoms with Crippen LogP contribution in [0.5, 0.6) is 0 Å². The zero-order valence-electron chi connectivity index (χ0n) is 11.9. The molecule has 2 nitrogen and oxygen atoms in total. The zero-order valence-corrected chi connectivity index (χ0v) is 12.8. The highest BCUT2D eigenvalue weighted by Crippen LogP contribution is 2.10. The van der Waals surface area contributed by atoms with Crippen molar-refractivity contribution in [1.82, 2.24) is 0 Å². The van der Waals surface area contributed by atoms with E-state index >= 15 is 0 Å². The van der Waals surface area contributed by atoms with E-state index in [-0.39, 0.29) is 12.4 Å². The smallest absolute Gasteiger partial charge is 0.309 e. The largest absolute Gasteiger partial charge is 0.469 e. The maximum Gasteiger partial charge on any atom is 0.309 e. The van der Waals surface area contributed by atoms with Crippen molar-refractivity contribution >= 4 is 18.6 Å². The summed E-state index contributed by atoms with van der Waals surface area (Å²) in [6.07, 6.45) is 5.45. The van der Waals surface area contributed by atoms with Gasteiger partial charge in [-0.25, -0.2) is 0 Å². The summed E-state index contributed by atoms with van der Waals surface area (Å²) < 4.78 is 4.54. The molecule has 0 rings (SSSR count). The third-order valence-corrected chi connectivity index (χ3v) is 1.43. The van der Waals surface area contributed by atoms with Gasteiger partial charge in [-0.1, -0.05) is 46.4 Å². The number of allylic oxidation sites excluding steroid dienone is 4. The Hall–Kier alpha value is -0.960. The fourth-order valence-corrected chi connectivity index (χ4v) is 0.982. The predicted octanol–water partition coefficient (Wildman–Crippen LogP) is 4.55. The highest BCUT2D eigenvalue weighted by atomic mass is 32.1. The molecule has 0 atom stereocenters. The van der Waals surface area contributed by atoms with Gasteiger partial charge in [0.2, 0.25) is 0 Å². The third-order valence-electron chi connectivity index (χ3n) is 1.30. The molecule has 100 valence electrons. The highest BCUT2D eigenvalue weighted by molar-refractivity contribution is 7.84. The van der Waals surface area contributed by atoms with Crippen LogP contribution in [-0.4, -0.2) is 13.1 Å². The average Bonchev–Trinajstić information content (AvgIpc) is 2.33. The van der Waals surface area contributed by atoms with E-state index in [0.29, 0.717) is 0 Å². The second kappa shape index (κ2) is 17.4. The summed E-state index contributed by atoms with van der Waals surface area (Å²) in [6, 6.07) is 0. The Morgan fingerprint density at radius 2 is 1.76 bits per heavy atom. The summed E-state index contributed by atoms with van der Waals surface area (Å²) in [5, 5.41) is 0. The lowest BCUT2D eigenvalue weighted by Gasteiger charge is -2.00. The van der Waals surface area contributed by atoms with Crippen LogP contribution in [0.1, 0.15) is 41.0 Å². The maximum atomic E-state index is 10.9. The molecule has 0 aliphatic rings.